The first-order chi connectivity index (χ1) is 9.75. The lowest BCUT2D eigenvalue weighted by Crippen LogP contribution is -2.01. The van der Waals surface area contributed by atoms with Crippen LogP contribution in [0, 0.1) is 11.6 Å². The molecule has 0 aromatic heterocycles. The zero-order valence-corrected chi connectivity index (χ0v) is 12.6. The maximum Gasteiger partial charge on any atom is 0.265 e. The fraction of sp³-hybridized carbons (Fsp3) is 0.0769. The van der Waals surface area contributed by atoms with E-state index in [0.29, 0.717) is 0 Å². The van der Waals surface area contributed by atoms with Gasteiger partial charge in [0.25, 0.3) is 9.05 Å². The second-order valence-corrected chi connectivity index (χ2v) is 7.07. The van der Waals surface area contributed by atoms with Crippen LogP contribution in [0.15, 0.2) is 41.3 Å². The summed E-state index contributed by atoms with van der Waals surface area (Å²) in [6.45, 7) is -0.226. The normalized spacial score (nSPS) is 11.4. The molecule has 0 spiro atoms. The molecule has 0 heterocycles. The number of hydrogen-bond donors (Lipinski definition) is 0. The van der Waals surface area contributed by atoms with E-state index in [4.69, 9.17) is 27.0 Å². The molecule has 0 radical (unpaired) electrons. The topological polar surface area (TPSA) is 43.4 Å². The molecule has 0 N–H and O–H groups in total. The Morgan fingerprint density at radius 3 is 2.24 bits per heavy atom. The Morgan fingerprint density at radius 1 is 1.05 bits per heavy atom. The Hall–Kier alpha value is -1.37. The molecule has 0 saturated heterocycles. The van der Waals surface area contributed by atoms with Gasteiger partial charge in [0.2, 0.25) is 0 Å². The van der Waals surface area contributed by atoms with Gasteiger partial charge in [0.1, 0.15) is 28.9 Å². The van der Waals surface area contributed by atoms with E-state index in [1.165, 1.54) is 12.1 Å². The summed E-state index contributed by atoms with van der Waals surface area (Å²) in [4.78, 5) is -0.312. The van der Waals surface area contributed by atoms with Gasteiger partial charge in [0.15, 0.2) is 0 Å². The summed E-state index contributed by atoms with van der Waals surface area (Å²) < 4.78 is 54.2. The minimum absolute atomic E-state index is 0.0564. The van der Waals surface area contributed by atoms with Crippen LogP contribution in [0.25, 0.3) is 0 Å². The first kappa shape index (κ1) is 16.0. The van der Waals surface area contributed by atoms with E-state index < -0.39 is 20.7 Å². The maximum absolute atomic E-state index is 13.0. The van der Waals surface area contributed by atoms with Gasteiger partial charge in [0.05, 0.1) is 0 Å². The van der Waals surface area contributed by atoms with Crippen LogP contribution in [0.4, 0.5) is 8.78 Å². The van der Waals surface area contributed by atoms with Gasteiger partial charge in [-0.05, 0) is 35.9 Å². The van der Waals surface area contributed by atoms with E-state index in [9.17, 15) is 17.2 Å². The Kier molecular flexibility index (Phi) is 4.70. The molecular weight excluding hydrogens is 345 g/mol. The quantitative estimate of drug-likeness (QED) is 0.777. The fourth-order valence-corrected chi connectivity index (χ4v) is 2.88. The molecule has 0 fully saturated rings. The van der Waals surface area contributed by atoms with Gasteiger partial charge in [-0.2, -0.15) is 0 Å². The molecule has 0 aliphatic heterocycles. The zero-order chi connectivity index (χ0) is 15.6. The van der Waals surface area contributed by atoms with Crippen molar-refractivity contribution in [3.05, 3.63) is 58.6 Å². The van der Waals surface area contributed by atoms with Crippen molar-refractivity contribution in [3.8, 4) is 5.75 Å². The molecule has 2 aromatic rings. The van der Waals surface area contributed by atoms with Crippen molar-refractivity contribution in [1.82, 2.24) is 0 Å². The zero-order valence-electron chi connectivity index (χ0n) is 10.3. The van der Waals surface area contributed by atoms with Crippen molar-refractivity contribution >= 4 is 31.3 Å². The lowest BCUT2D eigenvalue weighted by Gasteiger charge is -2.10. The van der Waals surface area contributed by atoms with Crippen LogP contribution >= 0.6 is 22.3 Å². The monoisotopic (exact) mass is 352 g/mol. The highest BCUT2D eigenvalue weighted by molar-refractivity contribution is 8.13. The third-order valence-corrected chi connectivity index (χ3v) is 4.06. The second-order valence-electron chi connectivity index (χ2n) is 4.10. The largest absolute Gasteiger partial charge is 0.487 e. The number of halogens is 4. The van der Waals surface area contributed by atoms with Gasteiger partial charge in [-0.25, -0.2) is 17.2 Å². The highest BCUT2D eigenvalue weighted by atomic mass is 35.7. The summed E-state index contributed by atoms with van der Waals surface area (Å²) >= 11 is 5.70. The van der Waals surface area contributed by atoms with Crippen LogP contribution in [0.2, 0.25) is 5.02 Å². The van der Waals surface area contributed by atoms with E-state index in [0.717, 1.165) is 24.3 Å². The van der Waals surface area contributed by atoms with Crippen molar-refractivity contribution in [1.29, 1.82) is 0 Å². The molecule has 8 heteroatoms. The molecule has 0 aliphatic rings. The minimum Gasteiger partial charge on any atom is -0.487 e. The third kappa shape index (κ3) is 4.30. The summed E-state index contributed by atoms with van der Waals surface area (Å²) in [7, 11) is 1.22. The van der Waals surface area contributed by atoms with Gasteiger partial charge in [-0.15, -0.1) is 0 Å². The Morgan fingerprint density at radius 2 is 1.67 bits per heavy atom. The Balaban J connectivity index is 2.28. The Bertz CT molecular complexity index is 759. The fourth-order valence-electron chi connectivity index (χ4n) is 1.65. The van der Waals surface area contributed by atoms with Crippen LogP contribution in [0.1, 0.15) is 5.56 Å². The van der Waals surface area contributed by atoms with Crippen LogP contribution < -0.4 is 4.74 Å². The molecule has 0 unspecified atom stereocenters. The minimum atomic E-state index is -4.06. The van der Waals surface area contributed by atoms with E-state index in [1.807, 2.05) is 0 Å². The molecule has 0 bridgehead atoms. The molecular formula is C13H8Cl2F2O3S. The molecule has 3 nitrogen and oxygen atoms in total. The van der Waals surface area contributed by atoms with E-state index >= 15 is 0 Å². The number of rotatable bonds is 4. The molecule has 2 rings (SSSR count). The number of hydrogen-bond acceptors (Lipinski definition) is 3. The van der Waals surface area contributed by atoms with Crippen molar-refractivity contribution < 1.29 is 21.9 Å². The summed E-state index contributed by atoms with van der Waals surface area (Å²) in [6, 6.07) is 6.73. The predicted octanol–water partition coefficient (Wildman–Crippen LogP) is 4.12. The molecule has 0 amide bonds. The van der Waals surface area contributed by atoms with Gasteiger partial charge in [-0.3, -0.25) is 0 Å². The van der Waals surface area contributed by atoms with Gasteiger partial charge in [-0.1, -0.05) is 11.6 Å². The van der Waals surface area contributed by atoms with Crippen LogP contribution in [-0.4, -0.2) is 8.42 Å². The van der Waals surface area contributed by atoms with E-state index in [-0.39, 0.29) is 27.8 Å². The second kappa shape index (κ2) is 6.17. The lowest BCUT2D eigenvalue weighted by atomic mass is 10.2. The molecule has 2 aromatic carbocycles. The SMILES string of the molecule is O=S(=O)(Cl)c1cc(Cl)ccc1OCc1cc(F)cc(F)c1. The van der Waals surface area contributed by atoms with E-state index in [1.54, 1.807) is 0 Å². The molecule has 21 heavy (non-hydrogen) atoms. The highest BCUT2D eigenvalue weighted by Gasteiger charge is 2.17. The van der Waals surface area contributed by atoms with E-state index in [2.05, 4.69) is 0 Å². The standard InChI is InChI=1S/C13H8Cl2F2O3S/c14-9-1-2-12(13(5-9)21(15,18)19)20-7-8-3-10(16)6-11(17)4-8/h1-6H,7H2. The summed E-state index contributed by atoms with van der Waals surface area (Å²) in [6.07, 6.45) is 0. The van der Waals surface area contributed by atoms with Crippen molar-refractivity contribution in [3.63, 3.8) is 0 Å². The summed E-state index contributed by atoms with van der Waals surface area (Å²) in [5, 5.41) is 0.165. The Labute approximate surface area is 129 Å². The number of benzene rings is 2. The van der Waals surface area contributed by atoms with Gasteiger partial charge < -0.3 is 4.74 Å². The first-order valence-electron chi connectivity index (χ1n) is 5.58. The molecule has 0 atom stereocenters. The maximum atomic E-state index is 13.0. The van der Waals surface area contributed by atoms with Gasteiger partial charge in [0, 0.05) is 21.8 Å². The van der Waals surface area contributed by atoms with Crippen molar-refractivity contribution in [2.45, 2.75) is 11.5 Å². The van der Waals surface area contributed by atoms with Crippen LogP contribution in [0.5, 0.6) is 5.75 Å². The van der Waals surface area contributed by atoms with Gasteiger partial charge >= 0.3 is 0 Å². The van der Waals surface area contributed by atoms with Crippen molar-refractivity contribution in [2.24, 2.45) is 0 Å². The number of ether oxygens (including phenoxy) is 1. The molecule has 0 saturated carbocycles. The lowest BCUT2D eigenvalue weighted by molar-refractivity contribution is 0.297. The smallest absolute Gasteiger partial charge is 0.265 e. The molecule has 112 valence electrons. The molecule has 0 aliphatic carbocycles. The van der Waals surface area contributed by atoms with Crippen LogP contribution in [0.3, 0.4) is 0 Å². The predicted molar refractivity (Wildman–Crippen MR) is 75.2 cm³/mol. The summed E-state index contributed by atoms with van der Waals surface area (Å²) in [5.41, 5.74) is 0.209. The van der Waals surface area contributed by atoms with Crippen LogP contribution in [-0.2, 0) is 15.7 Å². The average Bonchev–Trinajstić information content (AvgIpc) is 2.35. The first-order valence-corrected chi connectivity index (χ1v) is 8.26. The van der Waals surface area contributed by atoms with Crippen molar-refractivity contribution in [2.75, 3.05) is 0 Å². The third-order valence-electron chi connectivity index (χ3n) is 2.49. The highest BCUT2D eigenvalue weighted by Crippen LogP contribution is 2.30. The summed E-state index contributed by atoms with van der Waals surface area (Å²) in [5.74, 6) is -1.57. The average molecular weight is 353 g/mol.